The Balaban J connectivity index is 1.33. The second-order valence-electron chi connectivity index (χ2n) is 10.3. The molecule has 45 heavy (non-hydrogen) atoms. The number of nitrogens with one attached hydrogen (secondary N) is 2. The fraction of sp³-hybridized carbons (Fsp3) is 0.258. The molecule has 14 heteroatoms. The molecule has 2 aromatic heterocycles. The summed E-state index contributed by atoms with van der Waals surface area (Å²) in [6, 6.07) is 14.7. The molecule has 0 fully saturated rings. The predicted octanol–water partition coefficient (Wildman–Crippen LogP) is 4.47. The van der Waals surface area contributed by atoms with Gasteiger partial charge in [0.05, 0.1) is 17.7 Å². The first-order chi connectivity index (χ1) is 21.7. The Bertz CT molecular complexity index is 1830. The Morgan fingerprint density at radius 3 is 2.67 bits per heavy atom. The standard InChI is InChI=1S/C31H29ClFN5O6S/c1-43-44-45-13-5-12-38-30(41)24(23-6-4-7-25(33)28(23)32)17-37(31(38)42)18-27(39)35-22-10-9-19-14-21(15-20(19)16-22)29(40)36-26-8-2-3-11-34-26/h2-4,6-11,16-17,21H,5,12-15,18H2,1H3,(H,35,39)(H,34,36,40). The number of carbonyl (C=O) groups is 2. The molecule has 1 aliphatic carbocycles. The number of rotatable bonds is 12. The van der Waals surface area contributed by atoms with Crippen LogP contribution < -0.4 is 21.9 Å². The third-order valence-electron chi connectivity index (χ3n) is 7.23. The van der Waals surface area contributed by atoms with Crippen LogP contribution in [0, 0.1) is 11.7 Å². The van der Waals surface area contributed by atoms with Gasteiger partial charge in [-0.25, -0.2) is 19.1 Å². The van der Waals surface area contributed by atoms with Crippen molar-refractivity contribution < 1.29 is 23.2 Å². The van der Waals surface area contributed by atoms with E-state index in [1.807, 2.05) is 12.1 Å². The van der Waals surface area contributed by atoms with Gasteiger partial charge in [-0.3, -0.25) is 23.5 Å². The van der Waals surface area contributed by atoms with E-state index < -0.39 is 29.5 Å². The normalized spacial score (nSPS) is 13.8. The van der Waals surface area contributed by atoms with Crippen molar-refractivity contribution in [1.82, 2.24) is 14.1 Å². The smallest absolute Gasteiger partial charge is 0.325 e. The number of pyridine rings is 1. The van der Waals surface area contributed by atoms with Gasteiger partial charge >= 0.3 is 5.69 Å². The van der Waals surface area contributed by atoms with Gasteiger partial charge in [0, 0.05) is 53.9 Å². The fourth-order valence-electron chi connectivity index (χ4n) is 5.13. The Hall–Kier alpha value is -4.30. The Morgan fingerprint density at radius 2 is 1.89 bits per heavy atom. The third kappa shape index (κ3) is 7.68. The van der Waals surface area contributed by atoms with Crippen molar-refractivity contribution in [3.63, 3.8) is 0 Å². The van der Waals surface area contributed by atoms with Crippen LogP contribution in [0.5, 0.6) is 0 Å². The van der Waals surface area contributed by atoms with Gasteiger partial charge in [-0.15, -0.1) is 0 Å². The maximum absolute atomic E-state index is 14.3. The lowest BCUT2D eigenvalue weighted by atomic mass is 10.1. The zero-order valence-corrected chi connectivity index (χ0v) is 25.7. The minimum atomic E-state index is -0.725. The molecule has 0 aliphatic heterocycles. The highest BCUT2D eigenvalue weighted by atomic mass is 35.5. The topological polar surface area (TPSA) is 134 Å². The van der Waals surface area contributed by atoms with Gasteiger partial charge in [0.2, 0.25) is 11.8 Å². The van der Waals surface area contributed by atoms with Crippen LogP contribution in [-0.2, 0) is 44.7 Å². The van der Waals surface area contributed by atoms with E-state index in [0.717, 1.165) is 38.4 Å². The highest BCUT2D eigenvalue weighted by molar-refractivity contribution is 7.94. The lowest BCUT2D eigenvalue weighted by molar-refractivity contribution is -0.160. The molecule has 1 atom stereocenters. The van der Waals surface area contributed by atoms with Gasteiger partial charge in [0.15, 0.2) is 0 Å². The summed E-state index contributed by atoms with van der Waals surface area (Å²) in [5.41, 5.74) is 1.12. The van der Waals surface area contributed by atoms with Crippen molar-refractivity contribution in [2.24, 2.45) is 5.92 Å². The second kappa shape index (κ2) is 14.7. The predicted molar refractivity (Wildman–Crippen MR) is 169 cm³/mol. The Labute approximate surface area is 266 Å². The number of fused-ring (bicyclic) bond motifs is 1. The van der Waals surface area contributed by atoms with Crippen LogP contribution in [0.25, 0.3) is 11.1 Å². The van der Waals surface area contributed by atoms with Gasteiger partial charge < -0.3 is 10.6 Å². The number of benzene rings is 2. The first-order valence-electron chi connectivity index (χ1n) is 14.0. The molecule has 234 valence electrons. The van der Waals surface area contributed by atoms with E-state index in [-0.39, 0.29) is 34.5 Å². The summed E-state index contributed by atoms with van der Waals surface area (Å²) >= 11 is 7.19. The molecule has 2 heterocycles. The molecule has 11 nitrogen and oxygen atoms in total. The molecule has 2 N–H and O–H groups in total. The molecule has 1 aliphatic rings. The van der Waals surface area contributed by atoms with Crippen LogP contribution in [0.3, 0.4) is 0 Å². The summed E-state index contributed by atoms with van der Waals surface area (Å²) in [5.74, 6) is -0.768. The summed E-state index contributed by atoms with van der Waals surface area (Å²) in [7, 11) is 1.36. The van der Waals surface area contributed by atoms with Crippen LogP contribution in [0.4, 0.5) is 15.9 Å². The summed E-state index contributed by atoms with van der Waals surface area (Å²) in [6.07, 6.45) is 4.24. The lowest BCUT2D eigenvalue weighted by Crippen LogP contribution is -2.42. The van der Waals surface area contributed by atoms with Gasteiger partial charge in [-0.1, -0.05) is 35.9 Å². The number of carbonyl (C=O) groups excluding carboxylic acids is 2. The molecule has 0 radical (unpaired) electrons. The van der Waals surface area contributed by atoms with E-state index >= 15 is 0 Å². The van der Waals surface area contributed by atoms with E-state index in [9.17, 15) is 23.6 Å². The molecule has 0 spiro atoms. The zero-order chi connectivity index (χ0) is 31.9. The highest BCUT2D eigenvalue weighted by Gasteiger charge is 2.28. The van der Waals surface area contributed by atoms with Crippen molar-refractivity contribution in [3.8, 4) is 11.1 Å². The van der Waals surface area contributed by atoms with E-state index in [4.69, 9.17) is 15.9 Å². The third-order valence-corrected chi connectivity index (χ3v) is 8.30. The number of amides is 2. The minimum absolute atomic E-state index is 0.0139. The van der Waals surface area contributed by atoms with Crippen molar-refractivity contribution in [2.45, 2.75) is 32.4 Å². The largest absolute Gasteiger partial charge is 0.331 e. The molecular formula is C31H29ClFN5O6S. The molecule has 2 aromatic carbocycles. The van der Waals surface area contributed by atoms with Crippen molar-refractivity contribution in [3.05, 3.63) is 110 Å². The van der Waals surface area contributed by atoms with Gasteiger partial charge in [-0.2, -0.15) is 4.33 Å². The SMILES string of the molecule is COOSCCCn1c(=O)c(-c2cccc(F)c2Cl)cn(CC(=O)Nc2ccc3c(c2)CC(C(=O)Nc2ccccn2)C3)c1=O. The van der Waals surface area contributed by atoms with Crippen molar-refractivity contribution in [1.29, 1.82) is 0 Å². The van der Waals surface area contributed by atoms with Gasteiger partial charge in [0.1, 0.15) is 18.2 Å². The maximum Gasteiger partial charge on any atom is 0.331 e. The van der Waals surface area contributed by atoms with Crippen LogP contribution in [0.15, 0.2) is 76.6 Å². The summed E-state index contributed by atoms with van der Waals surface area (Å²) in [4.78, 5) is 61.3. The molecule has 1 unspecified atom stereocenters. The fourth-order valence-corrected chi connectivity index (χ4v) is 5.76. The first-order valence-corrected chi connectivity index (χ1v) is 15.3. The van der Waals surface area contributed by atoms with Crippen LogP contribution in [-0.4, -0.2) is 38.8 Å². The zero-order valence-electron chi connectivity index (χ0n) is 24.1. The molecule has 5 rings (SSSR count). The minimum Gasteiger partial charge on any atom is -0.325 e. The lowest BCUT2D eigenvalue weighted by Gasteiger charge is -2.14. The number of hydrogen-bond acceptors (Lipinski definition) is 8. The van der Waals surface area contributed by atoms with Crippen molar-refractivity contribution in [2.75, 3.05) is 23.5 Å². The number of halogens is 2. The maximum atomic E-state index is 14.3. The first kappa shape index (κ1) is 32.1. The summed E-state index contributed by atoms with van der Waals surface area (Å²) < 4.78 is 21.1. The van der Waals surface area contributed by atoms with Crippen LogP contribution in [0.2, 0.25) is 5.02 Å². The Kier molecular flexibility index (Phi) is 10.5. The van der Waals surface area contributed by atoms with Crippen molar-refractivity contribution >= 4 is 47.0 Å². The molecule has 2 amide bonds. The average Bonchev–Trinajstić information content (AvgIpc) is 3.46. The molecule has 4 aromatic rings. The number of aromatic nitrogens is 3. The number of nitrogens with zero attached hydrogens (tertiary/aromatic N) is 3. The van der Waals surface area contributed by atoms with Gasteiger partial charge in [-0.05, 0) is 60.7 Å². The Morgan fingerprint density at radius 1 is 1.07 bits per heavy atom. The summed E-state index contributed by atoms with van der Waals surface area (Å²) in [6.45, 7) is -0.410. The molecule has 0 saturated carbocycles. The van der Waals surface area contributed by atoms with E-state index in [1.165, 1.54) is 25.4 Å². The van der Waals surface area contributed by atoms with E-state index in [1.54, 1.807) is 30.5 Å². The summed E-state index contributed by atoms with van der Waals surface area (Å²) in [5, 5.41) is 5.35. The highest BCUT2D eigenvalue weighted by Crippen LogP contribution is 2.30. The van der Waals surface area contributed by atoms with Crippen LogP contribution >= 0.6 is 23.6 Å². The van der Waals surface area contributed by atoms with Crippen LogP contribution in [0.1, 0.15) is 17.5 Å². The van der Waals surface area contributed by atoms with Gasteiger partial charge in [0.25, 0.3) is 5.56 Å². The monoisotopic (exact) mass is 653 g/mol. The number of anilines is 2. The second-order valence-corrected chi connectivity index (χ2v) is 11.4. The number of hydrogen-bond donors (Lipinski definition) is 2. The molecule has 0 saturated heterocycles. The molecular weight excluding hydrogens is 625 g/mol. The van der Waals surface area contributed by atoms with E-state index in [0.29, 0.717) is 36.5 Å². The quantitative estimate of drug-likeness (QED) is 0.0990. The average molecular weight is 654 g/mol. The van der Waals surface area contributed by atoms with E-state index in [2.05, 4.69) is 20.5 Å². The molecule has 0 bridgehead atoms.